The Bertz CT molecular complexity index is 395. The fraction of sp³-hybridized carbons (Fsp3) is 0.538. The van der Waals surface area contributed by atoms with Gasteiger partial charge in [-0.15, -0.1) is 0 Å². The lowest BCUT2D eigenvalue weighted by atomic mass is 9.96. The molecule has 18 heavy (non-hydrogen) atoms. The molecule has 2 rings (SSSR count). The Balaban J connectivity index is 2.19. The number of piperidine rings is 1. The Morgan fingerprint density at radius 3 is 2.33 bits per heavy atom. The highest BCUT2D eigenvalue weighted by molar-refractivity contribution is 5.55. The second-order valence-corrected chi connectivity index (χ2v) is 4.68. The summed E-state index contributed by atoms with van der Waals surface area (Å²) in [5.74, 6) is 0.444. The Labute approximate surface area is 105 Å². The summed E-state index contributed by atoms with van der Waals surface area (Å²) in [5, 5.41) is 0. The summed E-state index contributed by atoms with van der Waals surface area (Å²) in [6, 6.07) is 5.77. The Kier molecular flexibility index (Phi) is 3.80. The second-order valence-electron chi connectivity index (χ2n) is 4.68. The standard InChI is InChI=1S/C13H17F3N2/c14-13(15,16)11-3-1-2-4-12(11)18-7-5-10(9-17)6-8-18/h1-4,10H,5-9,17H2. The first-order chi connectivity index (χ1) is 8.52. The zero-order valence-corrected chi connectivity index (χ0v) is 10.1. The lowest BCUT2D eigenvalue weighted by Crippen LogP contribution is -2.37. The van der Waals surface area contributed by atoms with E-state index in [1.165, 1.54) is 6.07 Å². The summed E-state index contributed by atoms with van der Waals surface area (Å²) in [4.78, 5) is 1.81. The summed E-state index contributed by atoms with van der Waals surface area (Å²) < 4.78 is 38.7. The van der Waals surface area contributed by atoms with Crippen molar-refractivity contribution in [1.82, 2.24) is 0 Å². The maximum Gasteiger partial charge on any atom is 0.418 e. The minimum absolute atomic E-state index is 0.292. The van der Waals surface area contributed by atoms with Crippen molar-refractivity contribution >= 4 is 5.69 Å². The number of nitrogens with zero attached hydrogens (tertiary/aromatic N) is 1. The summed E-state index contributed by atoms with van der Waals surface area (Å²) in [6.07, 6.45) is -2.56. The van der Waals surface area contributed by atoms with Crippen LogP contribution in [0.15, 0.2) is 24.3 Å². The van der Waals surface area contributed by atoms with E-state index in [0.717, 1.165) is 18.9 Å². The quantitative estimate of drug-likeness (QED) is 0.883. The molecule has 5 heteroatoms. The number of alkyl halides is 3. The highest BCUT2D eigenvalue weighted by Gasteiger charge is 2.35. The van der Waals surface area contributed by atoms with Crippen molar-refractivity contribution in [3.8, 4) is 0 Å². The average molecular weight is 258 g/mol. The van der Waals surface area contributed by atoms with Gasteiger partial charge in [-0.1, -0.05) is 12.1 Å². The molecule has 0 aromatic heterocycles. The topological polar surface area (TPSA) is 29.3 Å². The number of nitrogens with two attached hydrogens (primary N) is 1. The number of benzene rings is 1. The number of para-hydroxylation sites is 1. The van der Waals surface area contributed by atoms with Gasteiger partial charge in [0.25, 0.3) is 0 Å². The number of halogens is 3. The van der Waals surface area contributed by atoms with E-state index in [2.05, 4.69) is 0 Å². The van der Waals surface area contributed by atoms with Crippen molar-refractivity contribution in [1.29, 1.82) is 0 Å². The molecule has 0 aliphatic carbocycles. The molecule has 2 N–H and O–H groups in total. The average Bonchev–Trinajstić information content (AvgIpc) is 2.38. The smallest absolute Gasteiger partial charge is 0.371 e. The number of anilines is 1. The second kappa shape index (κ2) is 5.18. The molecular weight excluding hydrogens is 241 g/mol. The highest BCUT2D eigenvalue weighted by Crippen LogP contribution is 2.37. The molecule has 1 saturated heterocycles. The largest absolute Gasteiger partial charge is 0.418 e. The van der Waals surface area contributed by atoms with E-state index < -0.39 is 11.7 Å². The van der Waals surface area contributed by atoms with Crippen LogP contribution in [0.3, 0.4) is 0 Å². The third-order valence-corrected chi connectivity index (χ3v) is 3.50. The molecule has 1 aromatic carbocycles. The molecular formula is C13H17F3N2. The van der Waals surface area contributed by atoms with Crippen molar-refractivity contribution in [2.45, 2.75) is 19.0 Å². The third-order valence-electron chi connectivity index (χ3n) is 3.50. The van der Waals surface area contributed by atoms with Crippen LogP contribution in [-0.4, -0.2) is 19.6 Å². The van der Waals surface area contributed by atoms with Crippen LogP contribution in [-0.2, 0) is 6.18 Å². The molecule has 1 aliphatic heterocycles. The van der Waals surface area contributed by atoms with Crippen LogP contribution in [0.1, 0.15) is 18.4 Å². The van der Waals surface area contributed by atoms with Gasteiger partial charge in [0, 0.05) is 18.8 Å². The van der Waals surface area contributed by atoms with Gasteiger partial charge in [0.15, 0.2) is 0 Å². The first kappa shape index (κ1) is 13.2. The SMILES string of the molecule is NCC1CCN(c2ccccc2C(F)(F)F)CC1. The monoisotopic (exact) mass is 258 g/mol. The van der Waals surface area contributed by atoms with Gasteiger partial charge in [0.05, 0.1) is 5.56 Å². The highest BCUT2D eigenvalue weighted by atomic mass is 19.4. The maximum atomic E-state index is 12.9. The molecule has 1 aromatic rings. The van der Waals surface area contributed by atoms with Crippen molar-refractivity contribution in [2.24, 2.45) is 11.7 Å². The van der Waals surface area contributed by atoms with Gasteiger partial charge in [-0.3, -0.25) is 0 Å². The van der Waals surface area contributed by atoms with Crippen molar-refractivity contribution in [2.75, 3.05) is 24.5 Å². The predicted molar refractivity (Wildman–Crippen MR) is 65.4 cm³/mol. The Morgan fingerprint density at radius 2 is 1.78 bits per heavy atom. The van der Waals surface area contributed by atoms with Gasteiger partial charge in [0.1, 0.15) is 0 Å². The van der Waals surface area contributed by atoms with Gasteiger partial charge in [-0.05, 0) is 37.4 Å². The summed E-state index contributed by atoms with van der Waals surface area (Å²) in [5.41, 5.74) is 5.33. The van der Waals surface area contributed by atoms with E-state index in [-0.39, 0.29) is 0 Å². The van der Waals surface area contributed by atoms with Crippen molar-refractivity contribution in [3.63, 3.8) is 0 Å². The predicted octanol–water partition coefficient (Wildman–Crippen LogP) is 2.88. The molecule has 0 atom stereocenters. The van der Waals surface area contributed by atoms with Crippen LogP contribution in [0.4, 0.5) is 18.9 Å². The van der Waals surface area contributed by atoms with E-state index in [4.69, 9.17) is 5.73 Å². The van der Waals surface area contributed by atoms with Crippen LogP contribution < -0.4 is 10.6 Å². The number of hydrogen-bond donors (Lipinski definition) is 1. The fourth-order valence-corrected chi connectivity index (χ4v) is 2.40. The van der Waals surface area contributed by atoms with Gasteiger partial charge >= 0.3 is 6.18 Å². The van der Waals surface area contributed by atoms with Crippen LogP contribution in [0.2, 0.25) is 0 Å². The molecule has 0 amide bonds. The normalized spacial score (nSPS) is 18.1. The summed E-state index contributed by atoms with van der Waals surface area (Å²) >= 11 is 0. The minimum Gasteiger partial charge on any atom is -0.371 e. The van der Waals surface area contributed by atoms with E-state index in [9.17, 15) is 13.2 Å². The van der Waals surface area contributed by atoms with Crippen LogP contribution >= 0.6 is 0 Å². The first-order valence-corrected chi connectivity index (χ1v) is 6.13. The lowest BCUT2D eigenvalue weighted by Gasteiger charge is -2.34. The van der Waals surface area contributed by atoms with Gasteiger partial charge in [0.2, 0.25) is 0 Å². The van der Waals surface area contributed by atoms with E-state index >= 15 is 0 Å². The maximum absolute atomic E-state index is 12.9. The van der Waals surface area contributed by atoms with Crippen molar-refractivity contribution < 1.29 is 13.2 Å². The van der Waals surface area contributed by atoms with Gasteiger partial charge in [-0.25, -0.2) is 0 Å². The molecule has 0 bridgehead atoms. The summed E-state index contributed by atoms with van der Waals surface area (Å²) in [6.45, 7) is 1.92. The molecule has 1 heterocycles. The minimum atomic E-state index is -4.29. The molecule has 100 valence electrons. The summed E-state index contributed by atoms with van der Waals surface area (Å²) in [7, 11) is 0. The zero-order valence-electron chi connectivity index (χ0n) is 10.1. The number of rotatable bonds is 2. The van der Waals surface area contributed by atoms with Gasteiger partial charge in [-0.2, -0.15) is 13.2 Å². The van der Waals surface area contributed by atoms with Crippen LogP contribution in [0, 0.1) is 5.92 Å². The molecule has 2 nitrogen and oxygen atoms in total. The number of hydrogen-bond acceptors (Lipinski definition) is 2. The molecule has 1 fully saturated rings. The van der Waals surface area contributed by atoms with Crippen molar-refractivity contribution in [3.05, 3.63) is 29.8 Å². The van der Waals surface area contributed by atoms with Crippen LogP contribution in [0.25, 0.3) is 0 Å². The lowest BCUT2D eigenvalue weighted by molar-refractivity contribution is -0.137. The first-order valence-electron chi connectivity index (χ1n) is 6.13. The van der Waals surface area contributed by atoms with Crippen LogP contribution in [0.5, 0.6) is 0 Å². The zero-order chi connectivity index (χ0) is 13.2. The molecule has 0 radical (unpaired) electrons. The molecule has 1 aliphatic rings. The molecule has 0 spiro atoms. The van der Waals surface area contributed by atoms with E-state index in [0.29, 0.717) is 31.2 Å². The molecule has 0 saturated carbocycles. The Morgan fingerprint density at radius 1 is 1.17 bits per heavy atom. The molecule has 0 unspecified atom stereocenters. The van der Waals surface area contributed by atoms with E-state index in [1.807, 2.05) is 4.90 Å². The van der Waals surface area contributed by atoms with E-state index in [1.54, 1.807) is 12.1 Å². The third kappa shape index (κ3) is 2.77. The Hall–Kier alpha value is -1.23. The van der Waals surface area contributed by atoms with Gasteiger partial charge < -0.3 is 10.6 Å². The fourth-order valence-electron chi connectivity index (χ4n) is 2.40.